The van der Waals surface area contributed by atoms with Gasteiger partial charge in [0, 0.05) is 5.92 Å². The predicted octanol–water partition coefficient (Wildman–Crippen LogP) is 1.85. The number of carbonyl (C=O) groups excluding carboxylic acids is 1. The number of ether oxygens (including phenoxy) is 1. The highest BCUT2D eigenvalue weighted by atomic mass is 16.6. The number of hydrogen-bond donors (Lipinski definition) is 2. The van der Waals surface area contributed by atoms with Crippen LogP contribution >= 0.6 is 0 Å². The summed E-state index contributed by atoms with van der Waals surface area (Å²) in [5.41, 5.74) is -0.926. The van der Waals surface area contributed by atoms with Crippen molar-refractivity contribution in [2.24, 2.45) is 5.92 Å². The molecule has 1 atom stereocenters. The Morgan fingerprint density at radius 3 is 2.19 bits per heavy atom. The summed E-state index contributed by atoms with van der Waals surface area (Å²) in [5.74, 6) is -2.33. The summed E-state index contributed by atoms with van der Waals surface area (Å²) in [7, 11) is 0. The third kappa shape index (κ3) is 5.48. The van der Waals surface area contributed by atoms with Crippen LogP contribution in [0.5, 0.6) is 0 Å². The Kier molecular flexibility index (Phi) is 5.14. The SMILES string of the molecule is CCC(CC(=O)O)C(=N)C(=O)OC(C)(C)C. The standard InChI is InChI=1S/C11H19NO4/c1-5-7(6-8(13)14)9(12)10(15)16-11(2,3)4/h7,12H,5-6H2,1-4H3,(H,13,14). The van der Waals surface area contributed by atoms with Crippen LogP contribution < -0.4 is 0 Å². The van der Waals surface area contributed by atoms with Crippen molar-refractivity contribution in [3.8, 4) is 0 Å². The van der Waals surface area contributed by atoms with E-state index < -0.39 is 23.5 Å². The number of nitrogens with one attached hydrogen (secondary N) is 1. The molecular formula is C11H19NO4. The molecule has 0 saturated heterocycles. The number of esters is 1. The molecule has 0 rings (SSSR count). The Morgan fingerprint density at radius 1 is 1.38 bits per heavy atom. The number of hydrogen-bond acceptors (Lipinski definition) is 4. The van der Waals surface area contributed by atoms with Crippen LogP contribution in [-0.4, -0.2) is 28.4 Å². The lowest BCUT2D eigenvalue weighted by Crippen LogP contribution is -2.33. The first-order valence-corrected chi connectivity index (χ1v) is 5.21. The summed E-state index contributed by atoms with van der Waals surface area (Å²) in [4.78, 5) is 22.0. The van der Waals surface area contributed by atoms with Crippen molar-refractivity contribution in [2.75, 3.05) is 0 Å². The maximum Gasteiger partial charge on any atom is 0.352 e. The average Bonchev–Trinajstić information content (AvgIpc) is 2.09. The number of carbonyl (C=O) groups is 2. The summed E-state index contributed by atoms with van der Waals surface area (Å²) < 4.78 is 5.01. The highest BCUT2D eigenvalue weighted by molar-refractivity contribution is 6.36. The fraction of sp³-hybridized carbons (Fsp3) is 0.727. The molecule has 0 spiro atoms. The largest absolute Gasteiger partial charge is 0.481 e. The minimum atomic E-state index is -1.01. The number of aliphatic carboxylic acids is 1. The molecule has 16 heavy (non-hydrogen) atoms. The highest BCUT2D eigenvalue weighted by Gasteiger charge is 2.26. The summed E-state index contributed by atoms with van der Waals surface area (Å²) in [6.45, 7) is 6.86. The minimum Gasteiger partial charge on any atom is -0.481 e. The van der Waals surface area contributed by atoms with Gasteiger partial charge in [0.1, 0.15) is 11.3 Å². The Morgan fingerprint density at radius 2 is 1.88 bits per heavy atom. The second kappa shape index (κ2) is 5.63. The van der Waals surface area contributed by atoms with Crippen molar-refractivity contribution in [3.05, 3.63) is 0 Å². The zero-order chi connectivity index (χ0) is 12.9. The van der Waals surface area contributed by atoms with Crippen molar-refractivity contribution in [2.45, 2.75) is 46.1 Å². The van der Waals surface area contributed by atoms with E-state index in [9.17, 15) is 9.59 Å². The van der Waals surface area contributed by atoms with Crippen molar-refractivity contribution < 1.29 is 19.4 Å². The van der Waals surface area contributed by atoms with E-state index in [0.717, 1.165) is 0 Å². The molecule has 0 aromatic rings. The molecule has 0 heterocycles. The maximum absolute atomic E-state index is 11.5. The fourth-order valence-corrected chi connectivity index (χ4v) is 1.16. The number of rotatable bonds is 5. The van der Waals surface area contributed by atoms with E-state index in [0.29, 0.717) is 6.42 Å². The predicted molar refractivity (Wildman–Crippen MR) is 59.6 cm³/mol. The van der Waals surface area contributed by atoms with Crippen molar-refractivity contribution in [3.63, 3.8) is 0 Å². The second-order valence-corrected chi connectivity index (χ2v) is 4.62. The highest BCUT2D eigenvalue weighted by Crippen LogP contribution is 2.14. The van der Waals surface area contributed by atoms with Crippen LogP contribution in [0, 0.1) is 11.3 Å². The normalized spacial score (nSPS) is 13.0. The van der Waals surface area contributed by atoms with E-state index in [-0.39, 0.29) is 12.1 Å². The van der Waals surface area contributed by atoms with Crippen LogP contribution in [0.25, 0.3) is 0 Å². The molecule has 0 bridgehead atoms. The molecule has 0 aliphatic carbocycles. The van der Waals surface area contributed by atoms with E-state index in [1.165, 1.54) is 0 Å². The first-order chi connectivity index (χ1) is 7.17. The summed E-state index contributed by atoms with van der Waals surface area (Å²) in [6, 6.07) is 0. The molecule has 5 nitrogen and oxygen atoms in total. The summed E-state index contributed by atoms with van der Waals surface area (Å²) >= 11 is 0. The van der Waals surface area contributed by atoms with Gasteiger partial charge in [0.2, 0.25) is 0 Å². The van der Waals surface area contributed by atoms with E-state index >= 15 is 0 Å². The van der Waals surface area contributed by atoms with Gasteiger partial charge in [-0.2, -0.15) is 0 Å². The van der Waals surface area contributed by atoms with E-state index in [1.54, 1.807) is 27.7 Å². The van der Waals surface area contributed by atoms with Crippen molar-refractivity contribution in [1.29, 1.82) is 5.41 Å². The van der Waals surface area contributed by atoms with Gasteiger partial charge < -0.3 is 9.84 Å². The van der Waals surface area contributed by atoms with E-state index in [1.807, 2.05) is 0 Å². The van der Waals surface area contributed by atoms with Crippen molar-refractivity contribution >= 4 is 17.7 Å². The molecule has 0 aliphatic rings. The zero-order valence-electron chi connectivity index (χ0n) is 10.2. The molecule has 0 saturated carbocycles. The van der Waals surface area contributed by atoms with Crippen LogP contribution in [0.3, 0.4) is 0 Å². The molecule has 0 aromatic carbocycles. The Hall–Kier alpha value is -1.39. The Labute approximate surface area is 95.3 Å². The molecule has 0 fully saturated rings. The molecule has 0 aromatic heterocycles. The molecule has 92 valence electrons. The van der Waals surface area contributed by atoms with Gasteiger partial charge in [-0.15, -0.1) is 0 Å². The topological polar surface area (TPSA) is 87.5 Å². The van der Waals surface area contributed by atoms with Crippen LogP contribution in [0.4, 0.5) is 0 Å². The van der Waals surface area contributed by atoms with E-state index in [4.69, 9.17) is 15.3 Å². The third-order valence-electron chi connectivity index (χ3n) is 1.94. The average molecular weight is 229 g/mol. The van der Waals surface area contributed by atoms with Crippen LogP contribution in [0.15, 0.2) is 0 Å². The van der Waals surface area contributed by atoms with Crippen LogP contribution in [-0.2, 0) is 14.3 Å². The first-order valence-electron chi connectivity index (χ1n) is 5.21. The fourth-order valence-electron chi connectivity index (χ4n) is 1.16. The van der Waals surface area contributed by atoms with Gasteiger partial charge in [-0.1, -0.05) is 6.92 Å². The van der Waals surface area contributed by atoms with E-state index in [2.05, 4.69) is 0 Å². The first kappa shape index (κ1) is 14.6. The summed E-state index contributed by atoms with van der Waals surface area (Å²) in [5, 5.41) is 16.2. The summed E-state index contributed by atoms with van der Waals surface area (Å²) in [6.07, 6.45) is 0.221. The van der Waals surface area contributed by atoms with Gasteiger partial charge in [0.15, 0.2) is 0 Å². The Bertz CT molecular complexity index is 291. The number of carboxylic acids is 1. The second-order valence-electron chi connectivity index (χ2n) is 4.62. The van der Waals surface area contributed by atoms with Gasteiger partial charge in [-0.05, 0) is 27.2 Å². The van der Waals surface area contributed by atoms with Crippen LogP contribution in [0.1, 0.15) is 40.5 Å². The van der Waals surface area contributed by atoms with Crippen LogP contribution in [0.2, 0.25) is 0 Å². The van der Waals surface area contributed by atoms with Gasteiger partial charge in [-0.25, -0.2) is 4.79 Å². The van der Waals surface area contributed by atoms with Gasteiger partial charge in [0.25, 0.3) is 0 Å². The van der Waals surface area contributed by atoms with Gasteiger partial charge >= 0.3 is 11.9 Å². The van der Waals surface area contributed by atoms with Crippen molar-refractivity contribution in [1.82, 2.24) is 0 Å². The Balaban J connectivity index is 4.51. The van der Waals surface area contributed by atoms with Gasteiger partial charge in [-0.3, -0.25) is 10.2 Å². The van der Waals surface area contributed by atoms with Gasteiger partial charge in [0.05, 0.1) is 6.42 Å². The maximum atomic E-state index is 11.5. The third-order valence-corrected chi connectivity index (χ3v) is 1.94. The lowest BCUT2D eigenvalue weighted by molar-refractivity contribution is -0.146. The number of carboxylic acid groups (broad SMARTS) is 1. The lowest BCUT2D eigenvalue weighted by atomic mass is 9.96. The molecule has 0 amide bonds. The molecule has 2 N–H and O–H groups in total. The zero-order valence-corrected chi connectivity index (χ0v) is 10.2. The molecule has 5 heteroatoms. The quantitative estimate of drug-likeness (QED) is 0.556. The molecule has 1 unspecified atom stereocenters. The molecule has 0 radical (unpaired) electrons. The monoisotopic (exact) mass is 229 g/mol. The lowest BCUT2D eigenvalue weighted by Gasteiger charge is -2.21. The molecular weight excluding hydrogens is 210 g/mol. The smallest absolute Gasteiger partial charge is 0.352 e. The minimum absolute atomic E-state index is 0.214. The molecule has 0 aliphatic heterocycles.